The Morgan fingerprint density at radius 1 is 1.12 bits per heavy atom. The number of amides is 1. The molecule has 140 valence electrons. The van der Waals surface area contributed by atoms with Crippen LogP contribution in [-0.4, -0.2) is 41.3 Å². The maximum absolute atomic E-state index is 12.7. The molecule has 0 radical (unpaired) electrons. The zero-order chi connectivity index (χ0) is 18.2. The van der Waals surface area contributed by atoms with Crippen molar-refractivity contribution in [3.8, 4) is 0 Å². The third kappa shape index (κ3) is 5.18. The second kappa shape index (κ2) is 9.76. The Labute approximate surface area is 151 Å². The summed E-state index contributed by atoms with van der Waals surface area (Å²) in [6, 6.07) is 2.75. The minimum absolute atomic E-state index is 0.250. The van der Waals surface area contributed by atoms with E-state index < -0.39 is 0 Å². The van der Waals surface area contributed by atoms with E-state index in [1.807, 2.05) is 0 Å². The van der Waals surface area contributed by atoms with Crippen molar-refractivity contribution in [2.75, 3.05) is 19.6 Å². The predicted octanol–water partition coefficient (Wildman–Crippen LogP) is 3.38. The quantitative estimate of drug-likeness (QED) is 0.670. The van der Waals surface area contributed by atoms with Crippen molar-refractivity contribution < 1.29 is 9.59 Å². The number of aryl methyl sites for hydroxylation is 1. The molecule has 2 heterocycles. The second-order valence-corrected chi connectivity index (χ2v) is 7.34. The van der Waals surface area contributed by atoms with Gasteiger partial charge in [-0.25, -0.2) is 0 Å². The lowest BCUT2D eigenvalue weighted by Gasteiger charge is -2.27. The van der Waals surface area contributed by atoms with Crippen LogP contribution in [0.2, 0.25) is 0 Å². The lowest BCUT2D eigenvalue weighted by atomic mass is 9.95. The number of nitrogens with two attached hydrogens (primary N) is 1. The van der Waals surface area contributed by atoms with Crippen molar-refractivity contribution in [3.63, 3.8) is 0 Å². The van der Waals surface area contributed by atoms with E-state index in [0.717, 1.165) is 18.7 Å². The van der Waals surface area contributed by atoms with Gasteiger partial charge in [0, 0.05) is 23.0 Å². The monoisotopic (exact) mass is 347 g/mol. The van der Waals surface area contributed by atoms with E-state index in [0.29, 0.717) is 18.4 Å². The van der Waals surface area contributed by atoms with E-state index in [-0.39, 0.29) is 6.41 Å². The molecular weight excluding hydrogens is 314 g/mol. The van der Waals surface area contributed by atoms with Gasteiger partial charge < -0.3 is 10.3 Å². The Hall–Kier alpha value is -1.62. The number of carbonyl (C=O) groups is 2. The number of Topliss-reactive ketones (excluding diaryl/α,β-unsaturated/α-hetero) is 1. The molecule has 1 amide bonds. The Bertz CT molecular complexity index is 568. The number of rotatable bonds is 4. The van der Waals surface area contributed by atoms with Crippen molar-refractivity contribution in [2.24, 2.45) is 5.73 Å². The molecule has 3 rings (SSSR count). The van der Waals surface area contributed by atoms with E-state index in [2.05, 4.69) is 35.1 Å². The molecule has 1 aromatic heterocycles. The van der Waals surface area contributed by atoms with Gasteiger partial charge in [-0.15, -0.1) is 0 Å². The molecule has 1 aromatic rings. The minimum atomic E-state index is 0.250. The lowest BCUT2D eigenvalue weighted by Crippen LogP contribution is -2.34. The van der Waals surface area contributed by atoms with Crippen LogP contribution in [0.15, 0.2) is 6.07 Å². The average Bonchev–Trinajstić information content (AvgIpc) is 2.92. The van der Waals surface area contributed by atoms with Crippen LogP contribution in [-0.2, 0) is 4.79 Å². The van der Waals surface area contributed by atoms with Gasteiger partial charge in [-0.05, 0) is 58.7 Å². The van der Waals surface area contributed by atoms with E-state index in [1.165, 1.54) is 62.8 Å². The fourth-order valence-electron chi connectivity index (χ4n) is 4.37. The largest absolute Gasteiger partial charge is 0.372 e. The average molecular weight is 348 g/mol. The van der Waals surface area contributed by atoms with Crippen LogP contribution in [0.3, 0.4) is 0 Å². The molecule has 0 atom stereocenters. The maximum atomic E-state index is 12.7. The predicted molar refractivity (Wildman–Crippen MR) is 101 cm³/mol. The molecule has 0 aromatic carbocycles. The summed E-state index contributed by atoms with van der Waals surface area (Å²) in [5.74, 6) is 0.317. The van der Waals surface area contributed by atoms with Crippen molar-refractivity contribution >= 4 is 12.2 Å². The third-order valence-corrected chi connectivity index (χ3v) is 5.54. The first-order valence-electron chi connectivity index (χ1n) is 9.67. The van der Waals surface area contributed by atoms with Crippen LogP contribution < -0.4 is 5.73 Å². The molecule has 1 saturated heterocycles. The summed E-state index contributed by atoms with van der Waals surface area (Å²) >= 11 is 0. The number of primary amides is 1. The van der Waals surface area contributed by atoms with Gasteiger partial charge in [-0.1, -0.05) is 25.7 Å². The van der Waals surface area contributed by atoms with Crippen LogP contribution in [0.1, 0.15) is 79.2 Å². The highest BCUT2D eigenvalue weighted by Crippen LogP contribution is 2.32. The van der Waals surface area contributed by atoms with Gasteiger partial charge in [0.15, 0.2) is 5.78 Å². The summed E-state index contributed by atoms with van der Waals surface area (Å²) in [6.07, 6.45) is 10.6. The summed E-state index contributed by atoms with van der Waals surface area (Å²) in [4.78, 5) is 23.6. The summed E-state index contributed by atoms with van der Waals surface area (Å²) in [7, 11) is 0. The van der Waals surface area contributed by atoms with Gasteiger partial charge in [-0.3, -0.25) is 14.5 Å². The minimum Gasteiger partial charge on any atom is -0.372 e. The Morgan fingerprint density at radius 3 is 2.28 bits per heavy atom. The zero-order valence-electron chi connectivity index (χ0n) is 15.8. The molecule has 1 saturated carbocycles. The number of likely N-dealkylation sites (tertiary alicyclic amines) is 1. The van der Waals surface area contributed by atoms with Gasteiger partial charge in [0.2, 0.25) is 6.41 Å². The van der Waals surface area contributed by atoms with Gasteiger partial charge in [0.1, 0.15) is 0 Å². The number of carbonyl (C=O) groups excluding carboxylic acids is 2. The topological polar surface area (TPSA) is 68.3 Å². The molecular formula is C20H33N3O2. The van der Waals surface area contributed by atoms with E-state index in [4.69, 9.17) is 4.79 Å². The highest BCUT2D eigenvalue weighted by Gasteiger charge is 2.23. The number of aromatic nitrogens is 1. The van der Waals surface area contributed by atoms with E-state index >= 15 is 0 Å². The fraction of sp³-hybridized carbons (Fsp3) is 0.700. The number of ketones is 1. The van der Waals surface area contributed by atoms with Crippen molar-refractivity contribution in [1.29, 1.82) is 0 Å². The van der Waals surface area contributed by atoms with Crippen LogP contribution in [0.5, 0.6) is 0 Å². The molecule has 0 unspecified atom stereocenters. The normalized spacial score (nSPS) is 19.1. The molecule has 1 aliphatic carbocycles. The van der Waals surface area contributed by atoms with Crippen LogP contribution in [0, 0.1) is 13.8 Å². The number of nitrogens with zero attached hydrogens (tertiary/aromatic N) is 2. The van der Waals surface area contributed by atoms with Crippen molar-refractivity contribution in [3.05, 3.63) is 23.0 Å². The van der Waals surface area contributed by atoms with Crippen molar-refractivity contribution in [2.45, 2.75) is 71.3 Å². The SMILES string of the molecule is Cc1cc(C(=O)CN2CCCCC2)c(C)n1C1CCCCC1.NC=O. The summed E-state index contributed by atoms with van der Waals surface area (Å²) in [5, 5.41) is 0. The van der Waals surface area contributed by atoms with E-state index in [1.54, 1.807) is 0 Å². The first-order valence-corrected chi connectivity index (χ1v) is 9.67. The summed E-state index contributed by atoms with van der Waals surface area (Å²) in [6.45, 7) is 7.10. The number of piperidine rings is 1. The Kier molecular flexibility index (Phi) is 7.69. The standard InChI is InChI=1S/C19H30N2O.CH3NO/c1-15-13-18(19(22)14-20-11-7-4-8-12-20)16(2)21(15)17-9-5-3-6-10-17;2-1-3/h13,17H,3-12,14H2,1-2H3;1H,(H2,2,3). The maximum Gasteiger partial charge on any atom is 0.204 e. The van der Waals surface area contributed by atoms with E-state index in [9.17, 15) is 4.79 Å². The first kappa shape index (κ1) is 19.7. The lowest BCUT2D eigenvalue weighted by molar-refractivity contribution is -0.106. The zero-order valence-corrected chi connectivity index (χ0v) is 15.8. The molecule has 2 N–H and O–H groups in total. The fourth-order valence-corrected chi connectivity index (χ4v) is 4.37. The highest BCUT2D eigenvalue weighted by atomic mass is 16.1. The van der Waals surface area contributed by atoms with Crippen LogP contribution in [0.25, 0.3) is 0 Å². The molecule has 2 aliphatic rings. The van der Waals surface area contributed by atoms with Gasteiger partial charge in [0.05, 0.1) is 6.54 Å². The second-order valence-electron chi connectivity index (χ2n) is 7.34. The molecule has 2 fully saturated rings. The molecule has 5 nitrogen and oxygen atoms in total. The summed E-state index contributed by atoms with van der Waals surface area (Å²) < 4.78 is 2.45. The smallest absolute Gasteiger partial charge is 0.204 e. The Balaban J connectivity index is 0.000000701. The van der Waals surface area contributed by atoms with Gasteiger partial charge in [-0.2, -0.15) is 0 Å². The molecule has 0 bridgehead atoms. The van der Waals surface area contributed by atoms with Crippen molar-refractivity contribution in [1.82, 2.24) is 9.47 Å². The summed E-state index contributed by atoms with van der Waals surface area (Å²) in [5.41, 5.74) is 7.60. The Morgan fingerprint density at radius 2 is 1.68 bits per heavy atom. The molecule has 1 aliphatic heterocycles. The highest BCUT2D eigenvalue weighted by molar-refractivity contribution is 5.99. The third-order valence-electron chi connectivity index (χ3n) is 5.54. The molecule has 0 spiro atoms. The molecule has 5 heteroatoms. The van der Waals surface area contributed by atoms with Gasteiger partial charge >= 0.3 is 0 Å². The van der Waals surface area contributed by atoms with Gasteiger partial charge in [0.25, 0.3) is 0 Å². The van der Waals surface area contributed by atoms with Crippen LogP contribution >= 0.6 is 0 Å². The van der Waals surface area contributed by atoms with Crippen LogP contribution in [0.4, 0.5) is 0 Å². The first-order chi connectivity index (χ1) is 12.1. The molecule has 25 heavy (non-hydrogen) atoms. The number of hydrogen-bond donors (Lipinski definition) is 1. The number of hydrogen-bond acceptors (Lipinski definition) is 3.